The van der Waals surface area contributed by atoms with E-state index in [1.165, 1.54) is 0 Å². The molecule has 1 aliphatic rings. The number of amidine groups is 1. The van der Waals surface area contributed by atoms with Crippen molar-refractivity contribution in [1.29, 1.82) is 0 Å². The van der Waals surface area contributed by atoms with Crippen molar-refractivity contribution in [3.05, 3.63) is 25.6 Å². The van der Waals surface area contributed by atoms with Gasteiger partial charge in [-0.25, -0.2) is 0 Å². The van der Waals surface area contributed by atoms with E-state index in [1.54, 1.807) is 0 Å². The van der Waals surface area contributed by atoms with E-state index in [0.29, 0.717) is 18.5 Å². The molecule has 1 saturated carbocycles. The highest BCUT2D eigenvalue weighted by atomic mass is 79.9. The third kappa shape index (κ3) is 2.80. The Hall–Kier alpha value is -0.600. The number of oxime groups is 1. The van der Waals surface area contributed by atoms with Crippen LogP contribution in [0.2, 0.25) is 0 Å². The first-order chi connectivity index (χ1) is 8.90. The number of nitrogens with one attached hydrogen (secondary N) is 1. The summed E-state index contributed by atoms with van der Waals surface area (Å²) in [5.74, 6) is -0.319. The summed E-state index contributed by atoms with van der Waals surface area (Å²) in [5.41, 5.74) is 5.32. The summed E-state index contributed by atoms with van der Waals surface area (Å²) in [5, 5.41) is 14.5. The summed E-state index contributed by atoms with van der Waals surface area (Å²) in [6, 6.07) is 3.65. The lowest BCUT2D eigenvalue weighted by Crippen LogP contribution is -2.36. The van der Waals surface area contributed by atoms with Crippen LogP contribution in [0.3, 0.4) is 0 Å². The maximum atomic E-state index is 12.2. The Labute approximate surface area is 135 Å². The van der Waals surface area contributed by atoms with E-state index < -0.39 is 5.41 Å². The standard InChI is InChI=1S/C11H10Br3N3O2/c12-5-3-6(13)8(7(14)4-5)16-10(18)11(1-2-11)9(15)17-19/h3-4,19H,1-2H2,(H2,15,17)(H,16,18). The number of halogens is 3. The Balaban J connectivity index is 2.26. The molecular formula is C11H10Br3N3O2. The quantitative estimate of drug-likeness (QED) is 0.282. The van der Waals surface area contributed by atoms with Crippen LogP contribution in [0.15, 0.2) is 30.7 Å². The lowest BCUT2D eigenvalue weighted by atomic mass is 10.1. The molecule has 1 aromatic rings. The summed E-state index contributed by atoms with van der Waals surface area (Å²) < 4.78 is 2.34. The van der Waals surface area contributed by atoms with E-state index in [4.69, 9.17) is 10.9 Å². The van der Waals surface area contributed by atoms with Gasteiger partial charge in [0.15, 0.2) is 5.84 Å². The van der Waals surface area contributed by atoms with Crippen LogP contribution < -0.4 is 11.1 Å². The molecule has 1 aliphatic carbocycles. The zero-order chi connectivity index (χ0) is 14.2. The Bertz CT molecular complexity index is 547. The summed E-state index contributed by atoms with van der Waals surface area (Å²) >= 11 is 10.1. The van der Waals surface area contributed by atoms with Crippen molar-refractivity contribution in [3.8, 4) is 0 Å². The highest BCUT2D eigenvalue weighted by Crippen LogP contribution is 2.47. The van der Waals surface area contributed by atoms with E-state index >= 15 is 0 Å². The summed E-state index contributed by atoms with van der Waals surface area (Å²) in [6.45, 7) is 0. The van der Waals surface area contributed by atoms with E-state index in [0.717, 1.165) is 13.4 Å². The van der Waals surface area contributed by atoms with Crippen LogP contribution in [0, 0.1) is 5.41 Å². The number of nitrogens with zero attached hydrogens (tertiary/aromatic N) is 1. The number of benzene rings is 1. The molecule has 1 fully saturated rings. The fourth-order valence-electron chi connectivity index (χ4n) is 1.72. The molecule has 5 nitrogen and oxygen atoms in total. The third-order valence-corrected chi connectivity index (χ3v) is 4.74. The zero-order valence-electron chi connectivity index (χ0n) is 9.58. The first-order valence-corrected chi connectivity index (χ1v) is 7.72. The molecule has 8 heteroatoms. The molecule has 0 aliphatic heterocycles. The molecule has 2 rings (SSSR count). The van der Waals surface area contributed by atoms with E-state index in [2.05, 4.69) is 58.3 Å². The minimum Gasteiger partial charge on any atom is -0.409 e. The van der Waals surface area contributed by atoms with E-state index in [9.17, 15) is 4.79 Å². The number of rotatable bonds is 3. The molecule has 0 radical (unpaired) electrons. The molecule has 102 valence electrons. The van der Waals surface area contributed by atoms with Gasteiger partial charge in [0.2, 0.25) is 5.91 Å². The van der Waals surface area contributed by atoms with Crippen LogP contribution in [0.1, 0.15) is 12.8 Å². The summed E-state index contributed by atoms with van der Waals surface area (Å²) in [6.07, 6.45) is 1.17. The predicted octanol–water partition coefficient (Wildman–Crippen LogP) is 3.44. The lowest BCUT2D eigenvalue weighted by Gasteiger charge is -2.16. The first kappa shape index (κ1) is 14.8. The molecule has 1 amide bonds. The van der Waals surface area contributed by atoms with Crippen LogP contribution in [0.5, 0.6) is 0 Å². The Kier molecular flexibility index (Phi) is 4.22. The van der Waals surface area contributed by atoms with Crippen molar-refractivity contribution in [2.75, 3.05) is 5.32 Å². The van der Waals surface area contributed by atoms with Crippen molar-refractivity contribution < 1.29 is 10.0 Å². The molecule has 1 aromatic carbocycles. The predicted molar refractivity (Wildman–Crippen MR) is 83.2 cm³/mol. The Morgan fingerprint density at radius 2 is 1.84 bits per heavy atom. The highest BCUT2D eigenvalue weighted by Gasteiger charge is 2.54. The number of hydrogen-bond donors (Lipinski definition) is 3. The average Bonchev–Trinajstić information content (AvgIpc) is 3.13. The molecule has 0 unspecified atom stereocenters. The second kappa shape index (κ2) is 5.41. The van der Waals surface area contributed by atoms with Gasteiger partial charge in [-0.05, 0) is 56.8 Å². The summed E-state index contributed by atoms with van der Waals surface area (Å²) in [7, 11) is 0. The zero-order valence-corrected chi connectivity index (χ0v) is 14.3. The van der Waals surface area contributed by atoms with Gasteiger partial charge in [-0.2, -0.15) is 0 Å². The van der Waals surface area contributed by atoms with Crippen LogP contribution in [-0.4, -0.2) is 17.0 Å². The van der Waals surface area contributed by atoms with Crippen LogP contribution in [-0.2, 0) is 4.79 Å². The van der Waals surface area contributed by atoms with E-state index in [1.807, 2.05) is 12.1 Å². The molecule has 0 bridgehead atoms. The third-order valence-electron chi connectivity index (χ3n) is 3.03. The van der Waals surface area contributed by atoms with E-state index in [-0.39, 0.29) is 11.7 Å². The minimum absolute atomic E-state index is 0.0469. The normalized spacial score (nSPS) is 17.1. The van der Waals surface area contributed by atoms with Gasteiger partial charge in [-0.1, -0.05) is 21.1 Å². The number of hydrogen-bond acceptors (Lipinski definition) is 3. The van der Waals surface area contributed by atoms with Gasteiger partial charge in [-0.15, -0.1) is 0 Å². The van der Waals surface area contributed by atoms with Crippen molar-refractivity contribution in [3.63, 3.8) is 0 Å². The molecule has 0 atom stereocenters. The fraction of sp³-hybridized carbons (Fsp3) is 0.273. The molecular weight excluding hydrogens is 446 g/mol. The number of carbonyl (C=O) groups excluding carboxylic acids is 1. The molecule has 0 heterocycles. The van der Waals surface area contributed by atoms with Gasteiger partial charge in [0.05, 0.1) is 5.69 Å². The van der Waals surface area contributed by atoms with Crippen molar-refractivity contribution in [1.82, 2.24) is 0 Å². The van der Waals surface area contributed by atoms with Crippen LogP contribution in [0.4, 0.5) is 5.69 Å². The van der Waals surface area contributed by atoms with Crippen molar-refractivity contribution in [2.45, 2.75) is 12.8 Å². The molecule has 19 heavy (non-hydrogen) atoms. The molecule has 4 N–H and O–H groups in total. The highest BCUT2D eigenvalue weighted by molar-refractivity contribution is 9.11. The Morgan fingerprint density at radius 3 is 2.26 bits per heavy atom. The summed E-state index contributed by atoms with van der Waals surface area (Å²) in [4.78, 5) is 12.2. The largest absolute Gasteiger partial charge is 0.409 e. The maximum absolute atomic E-state index is 12.2. The van der Waals surface area contributed by atoms with Gasteiger partial charge in [0.25, 0.3) is 0 Å². The topological polar surface area (TPSA) is 87.7 Å². The van der Waals surface area contributed by atoms with Gasteiger partial charge < -0.3 is 16.3 Å². The minimum atomic E-state index is -0.874. The van der Waals surface area contributed by atoms with Crippen LogP contribution in [0.25, 0.3) is 0 Å². The molecule has 0 aromatic heterocycles. The smallest absolute Gasteiger partial charge is 0.238 e. The van der Waals surface area contributed by atoms with Crippen LogP contribution >= 0.6 is 47.8 Å². The van der Waals surface area contributed by atoms with Gasteiger partial charge in [0, 0.05) is 13.4 Å². The van der Waals surface area contributed by atoms with Gasteiger partial charge >= 0.3 is 0 Å². The molecule has 0 saturated heterocycles. The number of nitrogens with two attached hydrogens (primary N) is 1. The van der Waals surface area contributed by atoms with Crippen molar-refractivity contribution in [2.24, 2.45) is 16.3 Å². The number of carbonyl (C=O) groups is 1. The molecule has 0 spiro atoms. The second-order valence-corrected chi connectivity index (χ2v) is 6.89. The van der Waals surface area contributed by atoms with Crippen molar-refractivity contribution >= 4 is 65.2 Å². The number of amides is 1. The lowest BCUT2D eigenvalue weighted by molar-refractivity contribution is -0.119. The second-order valence-electron chi connectivity index (χ2n) is 4.27. The monoisotopic (exact) mass is 453 g/mol. The van der Waals surface area contributed by atoms with Gasteiger partial charge in [-0.3, -0.25) is 4.79 Å². The Morgan fingerprint density at radius 1 is 1.32 bits per heavy atom. The number of anilines is 1. The van der Waals surface area contributed by atoms with Gasteiger partial charge in [0.1, 0.15) is 5.41 Å². The first-order valence-electron chi connectivity index (χ1n) is 5.35. The SMILES string of the molecule is NC(=NO)C1(C(=O)Nc2c(Br)cc(Br)cc2Br)CC1. The average molecular weight is 456 g/mol. The fourth-order valence-corrected chi connectivity index (χ4v) is 4.17. The maximum Gasteiger partial charge on any atom is 0.238 e.